The van der Waals surface area contributed by atoms with Gasteiger partial charge in [0.25, 0.3) is 0 Å². The SMILES string of the molecule is O=C1CC2CC(=O)C(S(=O)c3ccccc3)C2C1. The van der Waals surface area contributed by atoms with E-state index < -0.39 is 16.0 Å². The van der Waals surface area contributed by atoms with Crippen molar-refractivity contribution >= 4 is 22.4 Å². The minimum Gasteiger partial charge on any atom is -0.300 e. The van der Waals surface area contributed by atoms with Gasteiger partial charge in [-0.15, -0.1) is 0 Å². The fraction of sp³-hybridized carbons (Fsp3) is 0.429. The molecular formula is C14H14O3S. The lowest BCUT2D eigenvalue weighted by molar-refractivity contribution is -0.119. The molecule has 1 aromatic carbocycles. The van der Waals surface area contributed by atoms with Crippen molar-refractivity contribution in [1.29, 1.82) is 0 Å². The van der Waals surface area contributed by atoms with E-state index in [0.717, 1.165) is 0 Å². The Labute approximate surface area is 108 Å². The number of rotatable bonds is 2. The van der Waals surface area contributed by atoms with Crippen LogP contribution in [-0.2, 0) is 20.4 Å². The van der Waals surface area contributed by atoms with Crippen LogP contribution in [0.25, 0.3) is 0 Å². The molecule has 0 radical (unpaired) electrons. The van der Waals surface area contributed by atoms with Crippen LogP contribution in [0, 0.1) is 11.8 Å². The summed E-state index contributed by atoms with van der Waals surface area (Å²) in [5.74, 6) is 0.431. The van der Waals surface area contributed by atoms with Gasteiger partial charge in [0.05, 0.1) is 10.8 Å². The average Bonchev–Trinajstić information content (AvgIpc) is 2.84. The monoisotopic (exact) mass is 262 g/mol. The second-order valence-electron chi connectivity index (χ2n) is 5.07. The van der Waals surface area contributed by atoms with Gasteiger partial charge in [0.1, 0.15) is 16.8 Å². The van der Waals surface area contributed by atoms with E-state index in [1.165, 1.54) is 0 Å². The molecule has 3 rings (SSSR count). The molecule has 0 amide bonds. The molecule has 4 unspecified atom stereocenters. The number of hydrogen-bond acceptors (Lipinski definition) is 3. The molecule has 4 heteroatoms. The topological polar surface area (TPSA) is 51.2 Å². The van der Waals surface area contributed by atoms with Gasteiger partial charge >= 0.3 is 0 Å². The second kappa shape index (κ2) is 4.43. The van der Waals surface area contributed by atoms with Gasteiger partial charge in [0, 0.05) is 24.2 Å². The predicted octanol–water partition coefficient (Wildman–Crippen LogP) is 1.73. The zero-order chi connectivity index (χ0) is 12.7. The molecule has 1 aromatic rings. The Balaban J connectivity index is 1.90. The molecule has 2 fully saturated rings. The van der Waals surface area contributed by atoms with Gasteiger partial charge in [0.2, 0.25) is 0 Å². The number of carbonyl (C=O) groups excluding carboxylic acids is 2. The molecule has 0 N–H and O–H groups in total. The molecule has 2 aliphatic carbocycles. The van der Waals surface area contributed by atoms with Crippen molar-refractivity contribution in [3.8, 4) is 0 Å². The third-order valence-corrected chi connectivity index (χ3v) is 5.74. The van der Waals surface area contributed by atoms with Gasteiger partial charge in [-0.2, -0.15) is 0 Å². The molecule has 0 heterocycles. The summed E-state index contributed by atoms with van der Waals surface area (Å²) < 4.78 is 12.5. The van der Waals surface area contributed by atoms with Crippen molar-refractivity contribution in [1.82, 2.24) is 0 Å². The number of fused-ring (bicyclic) bond motifs is 1. The first-order valence-corrected chi connectivity index (χ1v) is 7.38. The van der Waals surface area contributed by atoms with Crippen molar-refractivity contribution in [2.75, 3.05) is 0 Å². The lowest BCUT2D eigenvalue weighted by Gasteiger charge is -2.15. The quantitative estimate of drug-likeness (QED) is 0.815. The molecular weight excluding hydrogens is 248 g/mol. The van der Waals surface area contributed by atoms with Gasteiger partial charge in [0.15, 0.2) is 0 Å². The van der Waals surface area contributed by atoms with Gasteiger partial charge in [-0.3, -0.25) is 13.8 Å². The number of hydrogen-bond donors (Lipinski definition) is 0. The Bertz CT molecular complexity index is 523. The Morgan fingerprint density at radius 3 is 2.44 bits per heavy atom. The summed E-state index contributed by atoms with van der Waals surface area (Å²) in [7, 11) is -1.32. The van der Waals surface area contributed by atoms with E-state index in [1.54, 1.807) is 12.1 Å². The Morgan fingerprint density at radius 2 is 1.72 bits per heavy atom. The van der Waals surface area contributed by atoms with Crippen LogP contribution >= 0.6 is 0 Å². The highest BCUT2D eigenvalue weighted by Crippen LogP contribution is 2.43. The maximum atomic E-state index is 12.5. The molecule has 0 aliphatic heterocycles. The summed E-state index contributed by atoms with van der Waals surface area (Å²) >= 11 is 0. The smallest absolute Gasteiger partial charge is 0.149 e. The standard InChI is InChI=1S/C14H14O3S/c15-10-6-9-7-13(16)14(12(9)8-10)18(17)11-4-2-1-3-5-11/h1-5,9,12,14H,6-8H2. The molecule has 2 saturated carbocycles. The molecule has 3 nitrogen and oxygen atoms in total. The number of Topliss-reactive ketones (excluding diaryl/α,β-unsaturated/α-hetero) is 2. The molecule has 2 aliphatic rings. The molecule has 4 atom stereocenters. The van der Waals surface area contributed by atoms with E-state index in [-0.39, 0.29) is 23.4 Å². The van der Waals surface area contributed by atoms with Crippen molar-refractivity contribution in [2.24, 2.45) is 11.8 Å². The van der Waals surface area contributed by atoms with Crippen molar-refractivity contribution < 1.29 is 13.8 Å². The number of ketones is 2. The molecule has 0 aromatic heterocycles. The van der Waals surface area contributed by atoms with Crippen molar-refractivity contribution in [3.05, 3.63) is 30.3 Å². The van der Waals surface area contributed by atoms with E-state index in [1.807, 2.05) is 18.2 Å². The van der Waals surface area contributed by atoms with E-state index in [4.69, 9.17) is 0 Å². The third-order valence-electron chi connectivity index (χ3n) is 3.93. The van der Waals surface area contributed by atoms with Crippen molar-refractivity contribution in [2.45, 2.75) is 29.4 Å². The Hall–Kier alpha value is -1.29. The van der Waals surface area contributed by atoms with Crippen LogP contribution in [0.15, 0.2) is 35.2 Å². The second-order valence-corrected chi connectivity index (χ2v) is 6.65. The van der Waals surface area contributed by atoms with Gasteiger partial charge in [-0.05, 0) is 24.0 Å². The van der Waals surface area contributed by atoms with Crippen LogP contribution in [0.3, 0.4) is 0 Å². The van der Waals surface area contributed by atoms with Crippen LogP contribution in [0.4, 0.5) is 0 Å². The number of benzene rings is 1. The van der Waals surface area contributed by atoms with E-state index in [0.29, 0.717) is 24.2 Å². The Morgan fingerprint density at radius 1 is 1.00 bits per heavy atom. The number of carbonyl (C=O) groups is 2. The largest absolute Gasteiger partial charge is 0.300 e. The molecule has 0 spiro atoms. The normalized spacial score (nSPS) is 32.6. The minimum atomic E-state index is -1.32. The first-order valence-electron chi connectivity index (χ1n) is 6.17. The third kappa shape index (κ3) is 1.85. The maximum absolute atomic E-state index is 12.5. The lowest BCUT2D eigenvalue weighted by Crippen LogP contribution is -2.27. The summed E-state index contributed by atoms with van der Waals surface area (Å²) in [6, 6.07) is 9.08. The highest BCUT2D eigenvalue weighted by Gasteiger charge is 2.50. The molecule has 0 bridgehead atoms. The van der Waals surface area contributed by atoms with Crippen LogP contribution in [0.1, 0.15) is 19.3 Å². The highest BCUT2D eigenvalue weighted by atomic mass is 32.2. The Kier molecular flexibility index (Phi) is 2.90. The van der Waals surface area contributed by atoms with E-state index >= 15 is 0 Å². The minimum absolute atomic E-state index is 0.00559. The van der Waals surface area contributed by atoms with Crippen LogP contribution < -0.4 is 0 Å². The summed E-state index contributed by atoms with van der Waals surface area (Å²) in [6.45, 7) is 0. The van der Waals surface area contributed by atoms with Gasteiger partial charge in [-0.25, -0.2) is 0 Å². The van der Waals surface area contributed by atoms with Crippen LogP contribution in [0.2, 0.25) is 0 Å². The molecule has 18 heavy (non-hydrogen) atoms. The summed E-state index contributed by atoms with van der Waals surface area (Å²) in [6.07, 6.45) is 1.36. The average molecular weight is 262 g/mol. The summed E-state index contributed by atoms with van der Waals surface area (Å²) in [4.78, 5) is 24.2. The first kappa shape index (κ1) is 11.8. The summed E-state index contributed by atoms with van der Waals surface area (Å²) in [5.41, 5.74) is 0. The summed E-state index contributed by atoms with van der Waals surface area (Å²) in [5, 5.41) is -0.469. The zero-order valence-corrected chi connectivity index (χ0v) is 10.7. The molecule has 94 valence electrons. The van der Waals surface area contributed by atoms with Crippen LogP contribution in [0.5, 0.6) is 0 Å². The maximum Gasteiger partial charge on any atom is 0.149 e. The first-order chi connectivity index (χ1) is 8.66. The zero-order valence-electron chi connectivity index (χ0n) is 9.87. The van der Waals surface area contributed by atoms with Crippen LogP contribution in [-0.4, -0.2) is 21.0 Å². The highest BCUT2D eigenvalue weighted by molar-refractivity contribution is 7.86. The van der Waals surface area contributed by atoms with Gasteiger partial charge in [-0.1, -0.05) is 18.2 Å². The predicted molar refractivity (Wildman–Crippen MR) is 67.5 cm³/mol. The van der Waals surface area contributed by atoms with Gasteiger partial charge < -0.3 is 0 Å². The lowest BCUT2D eigenvalue weighted by atomic mass is 10.0. The van der Waals surface area contributed by atoms with E-state index in [2.05, 4.69) is 0 Å². The fourth-order valence-corrected chi connectivity index (χ4v) is 4.82. The fourth-order valence-electron chi connectivity index (χ4n) is 3.13. The molecule has 0 saturated heterocycles. The van der Waals surface area contributed by atoms with E-state index in [9.17, 15) is 13.8 Å². The van der Waals surface area contributed by atoms with Crippen molar-refractivity contribution in [3.63, 3.8) is 0 Å².